The fourth-order valence-electron chi connectivity index (χ4n) is 3.32. The van der Waals surface area contributed by atoms with Gasteiger partial charge in [-0.05, 0) is 33.4 Å². The van der Waals surface area contributed by atoms with E-state index in [9.17, 15) is 14.7 Å². The Morgan fingerprint density at radius 3 is 2.26 bits per heavy atom. The highest BCUT2D eigenvalue weighted by Crippen LogP contribution is 2.32. The largest absolute Gasteiger partial charge is 0.481 e. The fourth-order valence-corrected chi connectivity index (χ4v) is 3.32. The monoisotopic (exact) mass is 268 g/mol. The first-order valence-corrected chi connectivity index (χ1v) is 7.18. The van der Waals surface area contributed by atoms with E-state index in [-0.39, 0.29) is 11.8 Å². The number of carbonyl (C=O) groups excluding carboxylic acids is 1. The third-order valence-electron chi connectivity index (χ3n) is 4.61. The number of likely N-dealkylation sites (tertiary alicyclic amines) is 1. The van der Waals surface area contributed by atoms with E-state index in [1.807, 2.05) is 19.0 Å². The van der Waals surface area contributed by atoms with Gasteiger partial charge in [0.2, 0.25) is 5.91 Å². The molecule has 0 aromatic heterocycles. The number of carboxylic acids is 1. The number of carbonyl (C=O) groups is 2. The van der Waals surface area contributed by atoms with Gasteiger partial charge in [0, 0.05) is 19.1 Å². The van der Waals surface area contributed by atoms with E-state index in [1.165, 1.54) is 0 Å². The van der Waals surface area contributed by atoms with Crippen molar-refractivity contribution in [3.8, 4) is 0 Å². The van der Waals surface area contributed by atoms with Crippen molar-refractivity contribution in [1.82, 2.24) is 9.80 Å². The predicted molar refractivity (Wildman–Crippen MR) is 71.8 cm³/mol. The molecule has 19 heavy (non-hydrogen) atoms. The van der Waals surface area contributed by atoms with Gasteiger partial charge in [0.1, 0.15) is 0 Å². The molecular weight excluding hydrogens is 244 g/mol. The lowest BCUT2D eigenvalue weighted by Crippen LogP contribution is -2.42. The van der Waals surface area contributed by atoms with E-state index < -0.39 is 11.9 Å². The first-order chi connectivity index (χ1) is 9.00. The van der Waals surface area contributed by atoms with Gasteiger partial charge in [-0.15, -0.1) is 0 Å². The quantitative estimate of drug-likeness (QED) is 0.831. The van der Waals surface area contributed by atoms with Crippen molar-refractivity contribution in [2.45, 2.75) is 38.1 Å². The SMILES string of the molecule is CN(C)C1CCN(C(=O)[C@@H]2CCCC[C@@H]2C(=O)O)C1. The van der Waals surface area contributed by atoms with Crippen molar-refractivity contribution < 1.29 is 14.7 Å². The third-order valence-corrected chi connectivity index (χ3v) is 4.61. The van der Waals surface area contributed by atoms with Crippen molar-refractivity contribution >= 4 is 11.9 Å². The van der Waals surface area contributed by atoms with Crippen LogP contribution in [-0.4, -0.2) is 60.0 Å². The lowest BCUT2D eigenvalue weighted by molar-refractivity contribution is -0.152. The lowest BCUT2D eigenvalue weighted by Gasteiger charge is -2.31. The van der Waals surface area contributed by atoms with Crippen molar-refractivity contribution in [3.63, 3.8) is 0 Å². The molecule has 1 saturated carbocycles. The standard InChI is InChI=1S/C14H24N2O3/c1-15(2)10-7-8-16(9-10)13(17)11-5-3-4-6-12(11)14(18)19/h10-12H,3-9H2,1-2H3,(H,18,19)/t10?,11-,12+/m1/s1. The average molecular weight is 268 g/mol. The summed E-state index contributed by atoms with van der Waals surface area (Å²) in [5, 5.41) is 9.26. The highest BCUT2D eigenvalue weighted by Gasteiger charge is 2.39. The zero-order valence-corrected chi connectivity index (χ0v) is 11.8. The molecule has 0 aromatic carbocycles. The second kappa shape index (κ2) is 5.90. The summed E-state index contributed by atoms with van der Waals surface area (Å²) in [6.07, 6.45) is 4.28. The van der Waals surface area contributed by atoms with Gasteiger partial charge in [-0.1, -0.05) is 12.8 Å². The average Bonchev–Trinajstić information content (AvgIpc) is 2.87. The number of hydrogen-bond donors (Lipinski definition) is 1. The van der Waals surface area contributed by atoms with Gasteiger partial charge in [0.05, 0.1) is 11.8 Å². The zero-order chi connectivity index (χ0) is 14.0. The minimum atomic E-state index is -0.804. The van der Waals surface area contributed by atoms with E-state index in [0.717, 1.165) is 38.8 Å². The number of aliphatic carboxylic acids is 1. The second-order valence-electron chi connectivity index (χ2n) is 6.03. The van der Waals surface area contributed by atoms with Gasteiger partial charge in [0.25, 0.3) is 0 Å². The number of carboxylic acid groups (broad SMARTS) is 1. The minimum absolute atomic E-state index is 0.0662. The molecule has 1 N–H and O–H groups in total. The summed E-state index contributed by atoms with van der Waals surface area (Å²) in [6, 6.07) is 0.413. The van der Waals surface area contributed by atoms with Crippen LogP contribution in [0.4, 0.5) is 0 Å². The summed E-state index contributed by atoms with van der Waals surface area (Å²) in [6.45, 7) is 1.51. The van der Waals surface area contributed by atoms with E-state index in [0.29, 0.717) is 12.5 Å². The molecule has 2 fully saturated rings. The third kappa shape index (κ3) is 3.08. The van der Waals surface area contributed by atoms with Crippen molar-refractivity contribution in [2.24, 2.45) is 11.8 Å². The molecule has 5 nitrogen and oxygen atoms in total. The summed E-state index contributed by atoms with van der Waals surface area (Å²) in [5.74, 6) is -1.51. The molecule has 108 valence electrons. The van der Waals surface area contributed by atoms with E-state index in [2.05, 4.69) is 4.90 Å². The topological polar surface area (TPSA) is 60.9 Å². The van der Waals surface area contributed by atoms with Crippen molar-refractivity contribution in [3.05, 3.63) is 0 Å². The van der Waals surface area contributed by atoms with Crippen molar-refractivity contribution in [1.29, 1.82) is 0 Å². The van der Waals surface area contributed by atoms with Gasteiger partial charge in [-0.3, -0.25) is 9.59 Å². The van der Waals surface area contributed by atoms with Gasteiger partial charge < -0.3 is 14.9 Å². The second-order valence-corrected chi connectivity index (χ2v) is 6.03. The van der Waals surface area contributed by atoms with Crippen LogP contribution in [0.15, 0.2) is 0 Å². The van der Waals surface area contributed by atoms with Crippen LogP contribution in [0.5, 0.6) is 0 Å². The number of nitrogens with zero attached hydrogens (tertiary/aromatic N) is 2. The van der Waals surface area contributed by atoms with Crippen LogP contribution in [0, 0.1) is 11.8 Å². The van der Waals surface area contributed by atoms with Crippen LogP contribution >= 0.6 is 0 Å². The maximum absolute atomic E-state index is 12.5. The first-order valence-electron chi connectivity index (χ1n) is 7.18. The summed E-state index contributed by atoms with van der Waals surface area (Å²) in [7, 11) is 4.05. The molecule has 1 saturated heterocycles. The van der Waals surface area contributed by atoms with Crippen LogP contribution in [0.1, 0.15) is 32.1 Å². The Balaban J connectivity index is 2.00. The Hall–Kier alpha value is -1.10. The number of rotatable bonds is 3. The van der Waals surface area contributed by atoms with Gasteiger partial charge in [-0.25, -0.2) is 0 Å². The molecule has 2 rings (SSSR count). The van der Waals surface area contributed by atoms with E-state index in [1.54, 1.807) is 0 Å². The van der Waals surface area contributed by atoms with E-state index >= 15 is 0 Å². The summed E-state index contributed by atoms with van der Waals surface area (Å²) in [4.78, 5) is 27.8. The maximum Gasteiger partial charge on any atom is 0.307 e. The number of likely N-dealkylation sites (N-methyl/N-ethyl adjacent to an activating group) is 1. The minimum Gasteiger partial charge on any atom is -0.481 e. The molecule has 1 aliphatic carbocycles. The van der Waals surface area contributed by atoms with Gasteiger partial charge in [-0.2, -0.15) is 0 Å². The molecule has 0 spiro atoms. The van der Waals surface area contributed by atoms with Crippen LogP contribution in [0.25, 0.3) is 0 Å². The smallest absolute Gasteiger partial charge is 0.307 e. The fraction of sp³-hybridized carbons (Fsp3) is 0.857. The molecule has 1 heterocycles. The van der Waals surface area contributed by atoms with Gasteiger partial charge in [0.15, 0.2) is 0 Å². The molecule has 5 heteroatoms. The Labute approximate surface area is 114 Å². The molecule has 0 radical (unpaired) electrons. The Morgan fingerprint density at radius 1 is 1.11 bits per heavy atom. The lowest BCUT2D eigenvalue weighted by atomic mass is 9.78. The zero-order valence-electron chi connectivity index (χ0n) is 11.8. The predicted octanol–water partition coefficient (Wildman–Crippen LogP) is 1.04. The molecule has 2 aliphatic rings. The molecular formula is C14H24N2O3. The highest BCUT2D eigenvalue weighted by molar-refractivity contribution is 5.85. The number of hydrogen-bond acceptors (Lipinski definition) is 3. The summed E-state index contributed by atoms with van der Waals surface area (Å²) < 4.78 is 0. The molecule has 1 amide bonds. The summed E-state index contributed by atoms with van der Waals surface area (Å²) in [5.41, 5.74) is 0. The number of amides is 1. The van der Waals surface area contributed by atoms with Crippen LogP contribution in [0.3, 0.4) is 0 Å². The molecule has 0 bridgehead atoms. The van der Waals surface area contributed by atoms with Crippen LogP contribution in [0.2, 0.25) is 0 Å². The van der Waals surface area contributed by atoms with Crippen molar-refractivity contribution in [2.75, 3.05) is 27.2 Å². The van der Waals surface area contributed by atoms with Gasteiger partial charge >= 0.3 is 5.97 Å². The Morgan fingerprint density at radius 2 is 1.74 bits per heavy atom. The Bertz CT molecular complexity index is 357. The normalized spacial score (nSPS) is 31.7. The highest BCUT2D eigenvalue weighted by atomic mass is 16.4. The maximum atomic E-state index is 12.5. The summed E-state index contributed by atoms with van der Waals surface area (Å²) >= 11 is 0. The first kappa shape index (κ1) is 14.3. The molecule has 0 aromatic rings. The molecule has 1 aliphatic heterocycles. The van der Waals surface area contributed by atoms with Crippen LogP contribution in [-0.2, 0) is 9.59 Å². The van der Waals surface area contributed by atoms with E-state index in [4.69, 9.17) is 0 Å². The Kier molecular flexibility index (Phi) is 4.45. The van der Waals surface area contributed by atoms with Crippen LogP contribution < -0.4 is 0 Å². The molecule has 3 atom stereocenters. The molecule has 1 unspecified atom stereocenters.